The summed E-state index contributed by atoms with van der Waals surface area (Å²) in [6.07, 6.45) is 0. The van der Waals surface area contributed by atoms with Crippen LogP contribution < -0.4 is 10.2 Å². The number of aromatic nitrogens is 1. The second-order valence-corrected chi connectivity index (χ2v) is 4.36. The SMILES string of the molecule is Cc1cc(C)nc(N2C(=O)NCC2(C)O)c1. The quantitative estimate of drug-likeness (QED) is 0.741. The fourth-order valence-electron chi connectivity index (χ4n) is 1.91. The van der Waals surface area contributed by atoms with Crippen LogP contribution in [-0.2, 0) is 0 Å². The number of anilines is 1. The van der Waals surface area contributed by atoms with Crippen molar-refractivity contribution in [3.8, 4) is 0 Å². The monoisotopic (exact) mass is 221 g/mol. The molecule has 0 saturated carbocycles. The Morgan fingerprint density at radius 2 is 2.19 bits per heavy atom. The zero-order chi connectivity index (χ0) is 11.9. The van der Waals surface area contributed by atoms with Crippen LogP contribution in [-0.4, -0.2) is 28.4 Å². The van der Waals surface area contributed by atoms with Crippen molar-refractivity contribution in [2.24, 2.45) is 0 Å². The second-order valence-electron chi connectivity index (χ2n) is 4.36. The Kier molecular flexibility index (Phi) is 2.35. The Morgan fingerprint density at radius 3 is 2.69 bits per heavy atom. The molecule has 2 N–H and O–H groups in total. The average Bonchev–Trinajstić information content (AvgIpc) is 2.38. The third kappa shape index (κ3) is 1.74. The number of β-amino-alcohol motifs (C(OH)–C–C–N with tert-alkyl or cyclic N) is 1. The Morgan fingerprint density at radius 1 is 1.50 bits per heavy atom. The van der Waals surface area contributed by atoms with Crippen LogP contribution in [0.1, 0.15) is 18.2 Å². The summed E-state index contributed by atoms with van der Waals surface area (Å²) >= 11 is 0. The first-order chi connectivity index (χ1) is 7.40. The molecule has 1 fully saturated rings. The summed E-state index contributed by atoms with van der Waals surface area (Å²) < 4.78 is 0. The van der Waals surface area contributed by atoms with Crippen molar-refractivity contribution in [3.05, 3.63) is 23.4 Å². The molecule has 1 atom stereocenters. The molecule has 0 aliphatic carbocycles. The van der Waals surface area contributed by atoms with Gasteiger partial charge in [-0.3, -0.25) is 0 Å². The summed E-state index contributed by atoms with van der Waals surface area (Å²) in [7, 11) is 0. The maximum Gasteiger partial charge on any atom is 0.325 e. The van der Waals surface area contributed by atoms with E-state index < -0.39 is 5.72 Å². The van der Waals surface area contributed by atoms with Crippen LogP contribution in [0.2, 0.25) is 0 Å². The first kappa shape index (κ1) is 10.9. The minimum Gasteiger partial charge on any atom is -0.369 e. The maximum absolute atomic E-state index is 11.6. The Labute approximate surface area is 94.1 Å². The smallest absolute Gasteiger partial charge is 0.325 e. The lowest BCUT2D eigenvalue weighted by molar-refractivity contribution is 0.0852. The van der Waals surface area contributed by atoms with Gasteiger partial charge in [0, 0.05) is 5.69 Å². The van der Waals surface area contributed by atoms with Crippen LogP contribution in [0, 0.1) is 13.8 Å². The fraction of sp³-hybridized carbons (Fsp3) is 0.455. The largest absolute Gasteiger partial charge is 0.369 e. The highest BCUT2D eigenvalue weighted by Gasteiger charge is 2.41. The third-order valence-corrected chi connectivity index (χ3v) is 2.57. The normalized spacial score (nSPS) is 24.8. The highest BCUT2D eigenvalue weighted by molar-refractivity contribution is 5.94. The number of hydrogen-bond donors (Lipinski definition) is 2. The van der Waals surface area contributed by atoms with Crippen LogP contribution in [0.25, 0.3) is 0 Å². The molecule has 2 rings (SSSR count). The topological polar surface area (TPSA) is 65.5 Å². The average molecular weight is 221 g/mol. The fourth-order valence-corrected chi connectivity index (χ4v) is 1.91. The first-order valence-electron chi connectivity index (χ1n) is 5.16. The molecule has 1 unspecified atom stereocenters. The lowest BCUT2D eigenvalue weighted by Gasteiger charge is -2.27. The molecule has 0 radical (unpaired) electrons. The Balaban J connectivity index is 2.46. The highest BCUT2D eigenvalue weighted by Crippen LogP contribution is 2.25. The number of urea groups is 1. The van der Waals surface area contributed by atoms with E-state index in [9.17, 15) is 9.90 Å². The lowest BCUT2D eigenvalue weighted by atomic mass is 10.2. The molecule has 1 aliphatic heterocycles. The predicted octanol–water partition coefficient (Wildman–Crippen LogP) is 0.937. The molecule has 5 nitrogen and oxygen atoms in total. The van der Waals surface area contributed by atoms with E-state index in [0.717, 1.165) is 11.3 Å². The molecule has 0 bridgehead atoms. The zero-order valence-corrected chi connectivity index (χ0v) is 9.61. The molecule has 0 aromatic carbocycles. The Bertz CT molecular complexity index is 423. The second kappa shape index (κ2) is 3.45. The van der Waals surface area contributed by atoms with Crippen molar-refractivity contribution in [2.75, 3.05) is 11.4 Å². The van der Waals surface area contributed by atoms with Gasteiger partial charge in [0.25, 0.3) is 0 Å². The van der Waals surface area contributed by atoms with Gasteiger partial charge >= 0.3 is 6.03 Å². The standard InChI is InChI=1S/C11H15N3O2/c1-7-4-8(2)13-9(5-7)14-10(15)12-6-11(14,3)16/h4-5,16H,6H2,1-3H3,(H,12,15). The summed E-state index contributed by atoms with van der Waals surface area (Å²) in [5.74, 6) is 0.484. The molecule has 0 spiro atoms. The van der Waals surface area contributed by atoms with Gasteiger partial charge < -0.3 is 10.4 Å². The van der Waals surface area contributed by atoms with Gasteiger partial charge in [-0.15, -0.1) is 0 Å². The number of carbonyl (C=O) groups excluding carboxylic acids is 1. The van der Waals surface area contributed by atoms with Gasteiger partial charge in [0.05, 0.1) is 6.54 Å². The van der Waals surface area contributed by atoms with Crippen molar-refractivity contribution in [2.45, 2.75) is 26.5 Å². The van der Waals surface area contributed by atoms with Crippen molar-refractivity contribution in [1.82, 2.24) is 10.3 Å². The highest BCUT2D eigenvalue weighted by atomic mass is 16.3. The van der Waals surface area contributed by atoms with Crippen LogP contribution in [0.15, 0.2) is 12.1 Å². The van der Waals surface area contributed by atoms with Gasteiger partial charge in [-0.05, 0) is 38.5 Å². The summed E-state index contributed by atoms with van der Waals surface area (Å²) in [6.45, 7) is 5.59. The molecule has 2 amide bonds. The van der Waals surface area contributed by atoms with Gasteiger partial charge in [-0.25, -0.2) is 14.7 Å². The number of nitrogens with zero attached hydrogens (tertiary/aromatic N) is 2. The number of nitrogens with one attached hydrogen (secondary N) is 1. The Hall–Kier alpha value is -1.62. The molecule has 16 heavy (non-hydrogen) atoms. The van der Waals surface area contributed by atoms with Gasteiger partial charge in [-0.1, -0.05) is 0 Å². The number of pyridine rings is 1. The molecule has 86 valence electrons. The van der Waals surface area contributed by atoms with Crippen molar-refractivity contribution < 1.29 is 9.90 Å². The lowest BCUT2D eigenvalue weighted by Crippen LogP contribution is -2.45. The van der Waals surface area contributed by atoms with Crippen molar-refractivity contribution in [1.29, 1.82) is 0 Å². The minimum atomic E-state index is -1.22. The summed E-state index contributed by atoms with van der Waals surface area (Å²) in [6, 6.07) is 3.39. The molecule has 5 heteroatoms. The van der Waals surface area contributed by atoms with E-state index in [1.807, 2.05) is 19.9 Å². The van der Waals surface area contributed by atoms with E-state index in [-0.39, 0.29) is 12.6 Å². The van der Waals surface area contributed by atoms with E-state index in [1.165, 1.54) is 4.90 Å². The molecule has 1 aromatic rings. The van der Waals surface area contributed by atoms with Crippen LogP contribution in [0.3, 0.4) is 0 Å². The molecule has 1 aromatic heterocycles. The number of hydrogen-bond acceptors (Lipinski definition) is 3. The summed E-state index contributed by atoms with van der Waals surface area (Å²) in [5, 5.41) is 12.7. The zero-order valence-electron chi connectivity index (χ0n) is 9.61. The van der Waals surface area contributed by atoms with E-state index >= 15 is 0 Å². The predicted molar refractivity (Wildman–Crippen MR) is 60.2 cm³/mol. The molecule has 1 saturated heterocycles. The molecular weight excluding hydrogens is 206 g/mol. The number of rotatable bonds is 1. The molecule has 1 aliphatic rings. The van der Waals surface area contributed by atoms with E-state index in [2.05, 4.69) is 10.3 Å². The number of aliphatic hydroxyl groups is 1. The molecule has 2 heterocycles. The van der Waals surface area contributed by atoms with Gasteiger partial charge in [0.1, 0.15) is 5.82 Å². The van der Waals surface area contributed by atoms with E-state index in [4.69, 9.17) is 0 Å². The summed E-state index contributed by atoms with van der Waals surface area (Å²) in [4.78, 5) is 17.2. The van der Waals surface area contributed by atoms with Crippen molar-refractivity contribution >= 4 is 11.8 Å². The molecular formula is C11H15N3O2. The van der Waals surface area contributed by atoms with Crippen molar-refractivity contribution in [3.63, 3.8) is 0 Å². The summed E-state index contributed by atoms with van der Waals surface area (Å²) in [5.41, 5.74) is 0.619. The number of carbonyl (C=O) groups is 1. The van der Waals surface area contributed by atoms with Gasteiger partial charge in [-0.2, -0.15) is 0 Å². The number of aryl methyl sites for hydroxylation is 2. The van der Waals surface area contributed by atoms with Gasteiger partial charge in [0.15, 0.2) is 5.72 Å². The maximum atomic E-state index is 11.6. The van der Waals surface area contributed by atoms with Crippen LogP contribution in [0.5, 0.6) is 0 Å². The van der Waals surface area contributed by atoms with Gasteiger partial charge in [0.2, 0.25) is 0 Å². The number of amides is 2. The minimum absolute atomic E-state index is 0.209. The van der Waals surface area contributed by atoms with Crippen LogP contribution >= 0.6 is 0 Å². The van der Waals surface area contributed by atoms with E-state index in [0.29, 0.717) is 5.82 Å². The van der Waals surface area contributed by atoms with Crippen LogP contribution in [0.4, 0.5) is 10.6 Å². The van der Waals surface area contributed by atoms with E-state index in [1.54, 1.807) is 13.0 Å². The third-order valence-electron chi connectivity index (χ3n) is 2.57. The first-order valence-corrected chi connectivity index (χ1v) is 5.16.